The van der Waals surface area contributed by atoms with Crippen LogP contribution in [0.2, 0.25) is 0 Å². The van der Waals surface area contributed by atoms with Crippen molar-refractivity contribution in [2.75, 3.05) is 7.11 Å². The van der Waals surface area contributed by atoms with Crippen LogP contribution in [0.5, 0.6) is 0 Å². The van der Waals surface area contributed by atoms with Crippen molar-refractivity contribution in [1.29, 1.82) is 0 Å². The number of hydrogen-bond acceptors (Lipinski definition) is 2. The quantitative estimate of drug-likeness (QED) is 0.443. The Morgan fingerprint density at radius 2 is 2.44 bits per heavy atom. The van der Waals surface area contributed by atoms with Gasteiger partial charge in [-0.25, -0.2) is 0 Å². The fourth-order valence-corrected chi connectivity index (χ4v) is 0.618. The van der Waals surface area contributed by atoms with E-state index in [1.165, 1.54) is 0 Å². The Morgan fingerprint density at radius 3 is 2.56 bits per heavy atom. The van der Waals surface area contributed by atoms with Gasteiger partial charge in [-0.15, -0.1) is 0 Å². The van der Waals surface area contributed by atoms with E-state index in [1.54, 1.807) is 7.11 Å². The van der Waals surface area contributed by atoms with Crippen LogP contribution in [0.25, 0.3) is 0 Å². The van der Waals surface area contributed by atoms with Gasteiger partial charge in [0.15, 0.2) is 5.11 Å². The second-order valence-corrected chi connectivity index (χ2v) is 2.08. The molecule has 0 aliphatic carbocycles. The van der Waals surface area contributed by atoms with E-state index >= 15 is 0 Å². The third kappa shape index (κ3) is 4.17. The summed E-state index contributed by atoms with van der Waals surface area (Å²) in [6.45, 7) is 1.99. The highest BCUT2D eigenvalue weighted by atomic mass is 32.1. The maximum atomic E-state index is 5.18. The van der Waals surface area contributed by atoms with Crippen LogP contribution in [-0.2, 0) is 4.74 Å². The summed E-state index contributed by atoms with van der Waals surface area (Å²) in [5.74, 6) is 0. The van der Waals surface area contributed by atoms with E-state index in [-0.39, 0.29) is 11.3 Å². The van der Waals surface area contributed by atoms with Crippen molar-refractivity contribution in [3.63, 3.8) is 0 Å². The third-order valence-corrected chi connectivity index (χ3v) is 1.08. The number of rotatable bonds is 3. The summed E-state index contributed by atoms with van der Waals surface area (Å²) < 4.78 is 4.93. The van der Waals surface area contributed by atoms with Gasteiger partial charge in [0, 0.05) is 7.11 Å². The Morgan fingerprint density at radius 1 is 1.89 bits per heavy atom. The molecule has 0 saturated heterocycles. The van der Waals surface area contributed by atoms with Gasteiger partial charge in [-0.05, 0) is 18.6 Å². The molecule has 0 bridgehead atoms. The highest BCUT2D eigenvalue weighted by molar-refractivity contribution is 7.80. The molecule has 3 nitrogen and oxygen atoms in total. The van der Waals surface area contributed by atoms with Gasteiger partial charge in [0.05, 0.1) is 0 Å². The summed E-state index contributed by atoms with van der Waals surface area (Å²) in [6.07, 6.45) is 0.816. The van der Waals surface area contributed by atoms with Crippen molar-refractivity contribution in [2.45, 2.75) is 19.6 Å². The van der Waals surface area contributed by atoms with Gasteiger partial charge in [0.2, 0.25) is 0 Å². The first-order chi connectivity index (χ1) is 4.20. The summed E-state index contributed by atoms with van der Waals surface area (Å²) in [5, 5.41) is 3.05. The molecule has 0 saturated carbocycles. The third-order valence-electron chi connectivity index (χ3n) is 0.959. The van der Waals surface area contributed by atoms with Crippen molar-refractivity contribution in [2.24, 2.45) is 5.73 Å². The molecule has 0 radical (unpaired) electrons. The predicted molar refractivity (Wildman–Crippen MR) is 41.0 cm³/mol. The molecular formula is C5H12N2OS. The number of ether oxygens (including phenoxy) is 1. The van der Waals surface area contributed by atoms with Crippen molar-refractivity contribution in [3.8, 4) is 0 Å². The molecule has 0 rings (SSSR count). The Balaban J connectivity index is 3.43. The van der Waals surface area contributed by atoms with E-state index in [4.69, 9.17) is 10.5 Å². The SMILES string of the molecule is CCC(NC(N)=S)OC. The van der Waals surface area contributed by atoms with Crippen molar-refractivity contribution in [1.82, 2.24) is 5.32 Å². The summed E-state index contributed by atoms with van der Waals surface area (Å²) in [6, 6.07) is 0. The van der Waals surface area contributed by atoms with Gasteiger partial charge in [-0.1, -0.05) is 6.92 Å². The van der Waals surface area contributed by atoms with Gasteiger partial charge in [0.25, 0.3) is 0 Å². The molecule has 0 aromatic rings. The number of nitrogens with one attached hydrogen (secondary N) is 1. The molecule has 1 unspecified atom stereocenters. The molecule has 0 heterocycles. The van der Waals surface area contributed by atoms with Crippen molar-refractivity contribution >= 4 is 17.3 Å². The zero-order valence-electron chi connectivity index (χ0n) is 5.68. The van der Waals surface area contributed by atoms with Crippen LogP contribution < -0.4 is 11.1 Å². The van der Waals surface area contributed by atoms with Crippen LogP contribution in [0.15, 0.2) is 0 Å². The normalized spacial score (nSPS) is 12.7. The Labute approximate surface area is 60.6 Å². The number of hydrogen-bond donors (Lipinski definition) is 2. The topological polar surface area (TPSA) is 47.3 Å². The molecule has 0 aromatic carbocycles. The maximum Gasteiger partial charge on any atom is 0.165 e. The van der Waals surface area contributed by atoms with Crippen LogP contribution in [-0.4, -0.2) is 18.5 Å². The summed E-state index contributed by atoms with van der Waals surface area (Å²) in [5.41, 5.74) is 5.18. The average molecular weight is 148 g/mol. The standard InChI is InChI=1S/C5H12N2OS/c1-3-4(8-2)7-5(6)9/h4H,3H2,1-2H3,(H3,6,7,9). The minimum atomic E-state index is -0.0394. The first kappa shape index (κ1) is 8.65. The van der Waals surface area contributed by atoms with E-state index < -0.39 is 0 Å². The lowest BCUT2D eigenvalue weighted by Crippen LogP contribution is -2.39. The minimum absolute atomic E-state index is 0.0394. The monoisotopic (exact) mass is 148 g/mol. The second kappa shape index (κ2) is 4.52. The van der Waals surface area contributed by atoms with Gasteiger partial charge in [-0.3, -0.25) is 0 Å². The molecule has 0 spiro atoms. The summed E-state index contributed by atoms with van der Waals surface area (Å²) >= 11 is 4.59. The summed E-state index contributed by atoms with van der Waals surface area (Å²) in [7, 11) is 1.61. The molecule has 4 heteroatoms. The van der Waals surface area contributed by atoms with Crippen LogP contribution in [0, 0.1) is 0 Å². The van der Waals surface area contributed by atoms with Crippen LogP contribution in [0.1, 0.15) is 13.3 Å². The van der Waals surface area contributed by atoms with E-state index in [0.717, 1.165) is 6.42 Å². The molecule has 1 atom stereocenters. The molecule has 0 aliphatic rings. The second-order valence-electron chi connectivity index (χ2n) is 1.64. The van der Waals surface area contributed by atoms with Gasteiger partial charge in [-0.2, -0.15) is 0 Å². The minimum Gasteiger partial charge on any atom is -0.376 e. The Hall–Kier alpha value is -0.350. The number of methoxy groups -OCH3 is 1. The van der Waals surface area contributed by atoms with E-state index in [0.29, 0.717) is 0 Å². The largest absolute Gasteiger partial charge is 0.376 e. The molecular weight excluding hydrogens is 136 g/mol. The molecule has 0 aromatic heterocycles. The number of nitrogens with two attached hydrogens (primary N) is 1. The first-order valence-electron chi connectivity index (χ1n) is 2.79. The lowest BCUT2D eigenvalue weighted by Gasteiger charge is -2.13. The van der Waals surface area contributed by atoms with Crippen molar-refractivity contribution < 1.29 is 4.74 Å². The van der Waals surface area contributed by atoms with Crippen LogP contribution in [0.4, 0.5) is 0 Å². The maximum absolute atomic E-state index is 5.18. The van der Waals surface area contributed by atoms with Crippen LogP contribution >= 0.6 is 12.2 Å². The van der Waals surface area contributed by atoms with E-state index in [1.807, 2.05) is 6.92 Å². The van der Waals surface area contributed by atoms with E-state index in [2.05, 4.69) is 17.5 Å². The average Bonchev–Trinajstić information content (AvgIpc) is 1.82. The lowest BCUT2D eigenvalue weighted by atomic mass is 10.4. The molecule has 54 valence electrons. The van der Waals surface area contributed by atoms with Crippen LogP contribution in [0.3, 0.4) is 0 Å². The molecule has 9 heavy (non-hydrogen) atoms. The molecule has 0 fully saturated rings. The Kier molecular flexibility index (Phi) is 4.35. The zero-order chi connectivity index (χ0) is 7.28. The fraction of sp³-hybridized carbons (Fsp3) is 0.800. The fourth-order valence-electron chi connectivity index (χ4n) is 0.486. The molecule has 0 amide bonds. The van der Waals surface area contributed by atoms with E-state index in [9.17, 15) is 0 Å². The Bertz CT molecular complexity index is 93.0. The smallest absolute Gasteiger partial charge is 0.165 e. The zero-order valence-corrected chi connectivity index (χ0v) is 6.49. The lowest BCUT2D eigenvalue weighted by molar-refractivity contribution is 0.0880. The first-order valence-corrected chi connectivity index (χ1v) is 3.20. The predicted octanol–water partition coefficient (Wildman–Crippen LogP) is 0.202. The molecule has 0 aliphatic heterocycles. The van der Waals surface area contributed by atoms with Gasteiger partial charge >= 0.3 is 0 Å². The highest BCUT2D eigenvalue weighted by Crippen LogP contribution is 1.88. The van der Waals surface area contributed by atoms with Gasteiger partial charge in [0.1, 0.15) is 6.23 Å². The highest BCUT2D eigenvalue weighted by Gasteiger charge is 2.00. The molecule has 3 N–H and O–H groups in total. The van der Waals surface area contributed by atoms with Crippen molar-refractivity contribution in [3.05, 3.63) is 0 Å². The summed E-state index contributed by atoms with van der Waals surface area (Å²) in [4.78, 5) is 0. The number of thiocarbonyl (C=S) groups is 1. The van der Waals surface area contributed by atoms with Gasteiger partial charge < -0.3 is 15.8 Å².